The molecule has 0 unspecified atom stereocenters. The molecule has 0 aliphatic heterocycles. The summed E-state index contributed by atoms with van der Waals surface area (Å²) in [6.07, 6.45) is 2.23. The van der Waals surface area contributed by atoms with Crippen LogP contribution in [-0.2, 0) is 16.0 Å². The minimum atomic E-state index is -0.861. The molecule has 2 rings (SSSR count). The Hall–Kier alpha value is -2.04. The predicted octanol–water partition coefficient (Wildman–Crippen LogP) is 1.81. The van der Waals surface area contributed by atoms with Gasteiger partial charge in [-0.3, -0.25) is 9.59 Å². The van der Waals surface area contributed by atoms with Crippen molar-refractivity contribution in [1.29, 1.82) is 0 Å². The standard InChI is InChI=1S/C16H21NO4/c1-17(15(18)13-10-14(13)16(19)20)9-3-4-11-5-7-12(21-2)8-6-11/h5-8,13-14H,3-4,9-10H2,1-2H3,(H,19,20)/t13-,14+/m0/s1. The van der Waals surface area contributed by atoms with Crippen LogP contribution in [0.2, 0.25) is 0 Å². The first-order valence-electron chi connectivity index (χ1n) is 7.13. The summed E-state index contributed by atoms with van der Waals surface area (Å²) in [6.45, 7) is 0.647. The maximum absolute atomic E-state index is 12.0. The number of ether oxygens (including phenoxy) is 1. The van der Waals surface area contributed by atoms with Gasteiger partial charge in [-0.15, -0.1) is 0 Å². The van der Waals surface area contributed by atoms with Crippen molar-refractivity contribution < 1.29 is 19.4 Å². The van der Waals surface area contributed by atoms with E-state index in [0.29, 0.717) is 13.0 Å². The summed E-state index contributed by atoms with van der Waals surface area (Å²) in [7, 11) is 3.38. The van der Waals surface area contributed by atoms with E-state index in [4.69, 9.17) is 9.84 Å². The van der Waals surface area contributed by atoms with Gasteiger partial charge >= 0.3 is 5.97 Å². The summed E-state index contributed by atoms with van der Waals surface area (Å²) in [5, 5.41) is 8.84. The first kappa shape index (κ1) is 15.4. The Morgan fingerprint density at radius 3 is 2.48 bits per heavy atom. The molecule has 5 nitrogen and oxygen atoms in total. The normalized spacial score (nSPS) is 19.9. The summed E-state index contributed by atoms with van der Waals surface area (Å²) in [6, 6.07) is 7.88. The molecule has 2 atom stereocenters. The molecule has 1 aliphatic carbocycles. The van der Waals surface area contributed by atoms with Gasteiger partial charge in [0.15, 0.2) is 0 Å². The van der Waals surface area contributed by atoms with Gasteiger partial charge in [-0.25, -0.2) is 0 Å². The SMILES string of the molecule is COc1ccc(CCCN(C)C(=O)[C@H]2C[C@H]2C(=O)O)cc1. The van der Waals surface area contributed by atoms with E-state index in [0.717, 1.165) is 18.6 Å². The summed E-state index contributed by atoms with van der Waals surface area (Å²) in [5.74, 6) is -0.855. The third kappa shape index (κ3) is 3.97. The first-order chi connectivity index (χ1) is 10.0. The third-order valence-electron chi connectivity index (χ3n) is 3.92. The van der Waals surface area contributed by atoms with Crippen molar-refractivity contribution in [3.8, 4) is 5.75 Å². The van der Waals surface area contributed by atoms with Crippen LogP contribution in [0.15, 0.2) is 24.3 Å². The van der Waals surface area contributed by atoms with Crippen LogP contribution in [-0.4, -0.2) is 42.6 Å². The molecule has 1 aliphatic rings. The van der Waals surface area contributed by atoms with Crippen molar-refractivity contribution in [2.45, 2.75) is 19.3 Å². The van der Waals surface area contributed by atoms with Gasteiger partial charge in [0.2, 0.25) is 5.91 Å². The van der Waals surface area contributed by atoms with Crippen molar-refractivity contribution in [2.24, 2.45) is 11.8 Å². The molecule has 21 heavy (non-hydrogen) atoms. The van der Waals surface area contributed by atoms with Crippen LogP contribution in [0.4, 0.5) is 0 Å². The highest BCUT2D eigenvalue weighted by Gasteiger charge is 2.49. The van der Waals surface area contributed by atoms with Gasteiger partial charge in [0, 0.05) is 13.6 Å². The molecule has 1 aromatic rings. The van der Waals surface area contributed by atoms with Gasteiger partial charge < -0.3 is 14.7 Å². The highest BCUT2D eigenvalue weighted by molar-refractivity contribution is 5.89. The molecule has 1 aromatic carbocycles. The topological polar surface area (TPSA) is 66.8 Å². The zero-order valence-electron chi connectivity index (χ0n) is 12.4. The molecule has 1 saturated carbocycles. The number of benzene rings is 1. The molecule has 0 heterocycles. The maximum atomic E-state index is 12.0. The Morgan fingerprint density at radius 2 is 1.95 bits per heavy atom. The molecule has 1 fully saturated rings. The fourth-order valence-electron chi connectivity index (χ4n) is 2.45. The second-order valence-corrected chi connectivity index (χ2v) is 5.50. The average Bonchev–Trinajstić information content (AvgIpc) is 3.27. The number of carboxylic acid groups (broad SMARTS) is 1. The summed E-state index contributed by atoms with van der Waals surface area (Å²) >= 11 is 0. The predicted molar refractivity (Wildman–Crippen MR) is 78.2 cm³/mol. The Kier molecular flexibility index (Phi) is 4.83. The Labute approximate surface area is 124 Å². The lowest BCUT2D eigenvalue weighted by Crippen LogP contribution is -2.30. The van der Waals surface area contributed by atoms with Crippen LogP contribution >= 0.6 is 0 Å². The smallest absolute Gasteiger partial charge is 0.307 e. The zero-order chi connectivity index (χ0) is 15.4. The third-order valence-corrected chi connectivity index (χ3v) is 3.92. The molecule has 0 bridgehead atoms. The van der Waals surface area contributed by atoms with Crippen LogP contribution in [0.25, 0.3) is 0 Å². The minimum Gasteiger partial charge on any atom is -0.497 e. The molecule has 1 N–H and O–H groups in total. The van der Waals surface area contributed by atoms with E-state index >= 15 is 0 Å². The van der Waals surface area contributed by atoms with Gasteiger partial charge in [-0.2, -0.15) is 0 Å². The van der Waals surface area contributed by atoms with Gasteiger partial charge in [-0.05, 0) is 37.0 Å². The van der Waals surface area contributed by atoms with Gasteiger partial charge in [0.1, 0.15) is 5.75 Å². The summed E-state index contributed by atoms with van der Waals surface area (Å²) < 4.78 is 5.11. The van der Waals surface area contributed by atoms with Crippen LogP contribution in [0.5, 0.6) is 5.75 Å². The molecule has 5 heteroatoms. The maximum Gasteiger partial charge on any atom is 0.307 e. The fourth-order valence-corrected chi connectivity index (χ4v) is 2.45. The highest BCUT2D eigenvalue weighted by atomic mass is 16.5. The Balaban J connectivity index is 1.72. The minimum absolute atomic E-state index is 0.0443. The average molecular weight is 291 g/mol. The van der Waals surface area contributed by atoms with Crippen LogP contribution in [0, 0.1) is 11.8 Å². The van der Waals surface area contributed by atoms with E-state index in [1.807, 2.05) is 24.3 Å². The molecular weight excluding hydrogens is 270 g/mol. The Bertz CT molecular complexity index is 512. The van der Waals surface area contributed by atoms with Crippen LogP contribution in [0.1, 0.15) is 18.4 Å². The van der Waals surface area contributed by atoms with Crippen LogP contribution < -0.4 is 4.74 Å². The van der Waals surface area contributed by atoms with Gasteiger partial charge in [-0.1, -0.05) is 12.1 Å². The van der Waals surface area contributed by atoms with Crippen molar-refractivity contribution in [1.82, 2.24) is 4.90 Å². The van der Waals surface area contributed by atoms with Crippen molar-refractivity contribution in [2.75, 3.05) is 20.7 Å². The van der Waals surface area contributed by atoms with E-state index in [1.165, 1.54) is 5.56 Å². The molecule has 0 saturated heterocycles. The number of hydrogen-bond acceptors (Lipinski definition) is 3. The monoisotopic (exact) mass is 291 g/mol. The second-order valence-electron chi connectivity index (χ2n) is 5.50. The number of amides is 1. The molecule has 0 spiro atoms. The fraction of sp³-hybridized carbons (Fsp3) is 0.500. The number of carboxylic acids is 1. The van der Waals surface area contributed by atoms with E-state index in [2.05, 4.69) is 0 Å². The number of methoxy groups -OCH3 is 1. The first-order valence-corrected chi connectivity index (χ1v) is 7.13. The van der Waals surface area contributed by atoms with E-state index in [-0.39, 0.29) is 11.8 Å². The van der Waals surface area contributed by atoms with Crippen molar-refractivity contribution >= 4 is 11.9 Å². The summed E-state index contributed by atoms with van der Waals surface area (Å²) in [5.41, 5.74) is 1.20. The summed E-state index contributed by atoms with van der Waals surface area (Å²) in [4.78, 5) is 24.4. The van der Waals surface area contributed by atoms with Crippen molar-refractivity contribution in [3.63, 3.8) is 0 Å². The molecule has 0 aromatic heterocycles. The molecule has 114 valence electrons. The lowest BCUT2D eigenvalue weighted by molar-refractivity contribution is -0.141. The zero-order valence-corrected chi connectivity index (χ0v) is 12.4. The second kappa shape index (κ2) is 6.61. The molecule has 0 radical (unpaired) electrons. The van der Waals surface area contributed by atoms with E-state index < -0.39 is 11.9 Å². The largest absolute Gasteiger partial charge is 0.497 e. The quantitative estimate of drug-likeness (QED) is 0.832. The number of carbonyl (C=O) groups is 2. The van der Waals surface area contributed by atoms with E-state index in [9.17, 15) is 9.59 Å². The molecule has 1 amide bonds. The number of rotatable bonds is 7. The number of hydrogen-bond donors (Lipinski definition) is 1. The highest BCUT2D eigenvalue weighted by Crippen LogP contribution is 2.39. The van der Waals surface area contributed by atoms with Gasteiger partial charge in [0.25, 0.3) is 0 Å². The van der Waals surface area contributed by atoms with E-state index in [1.54, 1.807) is 19.1 Å². The number of aryl methyl sites for hydroxylation is 1. The Morgan fingerprint density at radius 1 is 1.29 bits per heavy atom. The lowest BCUT2D eigenvalue weighted by atomic mass is 10.1. The number of aliphatic carboxylic acids is 1. The van der Waals surface area contributed by atoms with Gasteiger partial charge in [0.05, 0.1) is 18.9 Å². The molecular formula is C16H21NO4. The number of carbonyl (C=O) groups excluding carboxylic acids is 1. The lowest BCUT2D eigenvalue weighted by Gasteiger charge is -2.17. The van der Waals surface area contributed by atoms with Crippen LogP contribution in [0.3, 0.4) is 0 Å². The van der Waals surface area contributed by atoms with Crippen molar-refractivity contribution in [3.05, 3.63) is 29.8 Å². The number of nitrogens with zero attached hydrogens (tertiary/aromatic N) is 1.